The van der Waals surface area contributed by atoms with Gasteiger partial charge >= 0.3 is 0 Å². The first-order valence-corrected chi connectivity index (χ1v) is 10.00. The first-order valence-electron chi connectivity index (χ1n) is 10.00. The van der Waals surface area contributed by atoms with Crippen LogP contribution >= 0.6 is 0 Å². The van der Waals surface area contributed by atoms with E-state index in [1.54, 1.807) is 7.11 Å². The van der Waals surface area contributed by atoms with Crippen molar-refractivity contribution in [2.75, 3.05) is 21.0 Å². The number of Topliss-reactive ketones (excluding diaryl/α,β-unsaturated/α-hetero) is 1. The molecule has 2 bridgehead atoms. The average Bonchev–Trinajstić information content (AvgIpc) is 3.00. The first kappa shape index (κ1) is 19.3. The van der Waals surface area contributed by atoms with Crippen LogP contribution in [0.25, 0.3) is 0 Å². The topological polar surface area (TPSA) is 44.8 Å². The highest BCUT2D eigenvalue weighted by Crippen LogP contribution is 2.67. The number of carbonyl (C=O) groups excluding carboxylic acids is 1. The minimum absolute atomic E-state index is 0.0111. The van der Waals surface area contributed by atoms with Crippen LogP contribution in [0.3, 0.4) is 0 Å². The lowest BCUT2D eigenvalue weighted by Crippen LogP contribution is -2.61. The molecule has 4 nitrogen and oxygen atoms in total. The van der Waals surface area contributed by atoms with Gasteiger partial charge in [-0.05, 0) is 49.4 Å². The number of methoxy groups -OCH3 is 2. The van der Waals surface area contributed by atoms with Crippen molar-refractivity contribution in [2.24, 2.45) is 34.5 Å². The van der Waals surface area contributed by atoms with Crippen LogP contribution in [0, 0.1) is 34.5 Å². The largest absolute Gasteiger partial charge is 0.381 e. The molecule has 3 rings (SSSR count). The van der Waals surface area contributed by atoms with E-state index in [1.807, 2.05) is 7.11 Å². The molecule has 0 spiro atoms. The van der Waals surface area contributed by atoms with Gasteiger partial charge in [0.05, 0.1) is 12.2 Å². The second-order valence-corrected chi connectivity index (χ2v) is 9.15. The fraction of sp³-hybridized carbons (Fsp3) is 0.952. The third-order valence-electron chi connectivity index (χ3n) is 8.39. The van der Waals surface area contributed by atoms with E-state index in [9.17, 15) is 4.79 Å². The molecule has 0 aromatic rings. The zero-order valence-corrected chi connectivity index (χ0v) is 16.8. The maximum Gasteiger partial charge on any atom is 0.146 e. The van der Waals surface area contributed by atoms with Gasteiger partial charge in [0.15, 0.2) is 0 Å². The minimum atomic E-state index is 0.0111. The van der Waals surface area contributed by atoms with E-state index in [0.717, 1.165) is 25.7 Å². The molecule has 3 saturated carbocycles. The molecule has 0 saturated heterocycles. The Kier molecular flexibility index (Phi) is 5.36. The van der Waals surface area contributed by atoms with Gasteiger partial charge in [-0.1, -0.05) is 27.7 Å². The maximum absolute atomic E-state index is 13.2. The number of ketones is 1. The van der Waals surface area contributed by atoms with Crippen LogP contribution in [-0.2, 0) is 19.0 Å². The smallest absolute Gasteiger partial charge is 0.146 e. The predicted octanol–water partition coefficient (Wildman–Crippen LogP) is 4.07. The van der Waals surface area contributed by atoms with Crippen LogP contribution in [0.15, 0.2) is 0 Å². The number of hydrogen-bond donors (Lipinski definition) is 0. The minimum Gasteiger partial charge on any atom is -0.381 e. The summed E-state index contributed by atoms with van der Waals surface area (Å²) >= 11 is 0. The Hall–Kier alpha value is -0.450. The first-order chi connectivity index (χ1) is 11.8. The monoisotopic (exact) mass is 352 g/mol. The lowest BCUT2D eigenvalue weighted by molar-refractivity contribution is -0.213. The highest BCUT2D eigenvalue weighted by molar-refractivity contribution is 5.84. The van der Waals surface area contributed by atoms with Crippen LogP contribution < -0.4 is 0 Å². The van der Waals surface area contributed by atoms with Gasteiger partial charge in [-0.2, -0.15) is 0 Å². The Morgan fingerprint density at radius 3 is 2.44 bits per heavy atom. The molecule has 25 heavy (non-hydrogen) atoms. The standard InChI is InChI=1S/C21H36O4/c1-13-11-17(25-12-23-5)20(4)14(2)7-9-21(15(3)18(13)22)10-8-16(24-6)19(20)21/h13-17,19H,7-12H2,1-6H3/t13-,14+,15-,16+,17+,19+,20-,21-/m0/s1. The highest BCUT2D eigenvalue weighted by atomic mass is 16.7. The molecule has 3 fully saturated rings. The summed E-state index contributed by atoms with van der Waals surface area (Å²) in [6, 6.07) is 0. The normalized spacial score (nSPS) is 50.2. The van der Waals surface area contributed by atoms with Gasteiger partial charge in [0.1, 0.15) is 12.6 Å². The van der Waals surface area contributed by atoms with E-state index in [1.165, 1.54) is 6.42 Å². The average molecular weight is 353 g/mol. The van der Waals surface area contributed by atoms with Crippen molar-refractivity contribution in [2.45, 2.75) is 72.0 Å². The molecule has 4 heteroatoms. The third kappa shape index (κ3) is 2.71. The quantitative estimate of drug-likeness (QED) is 0.716. The molecule has 8 atom stereocenters. The van der Waals surface area contributed by atoms with Gasteiger partial charge in [0.25, 0.3) is 0 Å². The van der Waals surface area contributed by atoms with E-state index >= 15 is 0 Å². The maximum atomic E-state index is 13.2. The Bertz CT molecular complexity index is 506. The molecule has 0 aliphatic heterocycles. The van der Waals surface area contributed by atoms with Gasteiger partial charge in [-0.25, -0.2) is 0 Å². The Morgan fingerprint density at radius 2 is 1.80 bits per heavy atom. The molecule has 0 amide bonds. The summed E-state index contributed by atoms with van der Waals surface area (Å²) in [5.41, 5.74) is 0.0829. The van der Waals surface area contributed by atoms with Gasteiger partial charge < -0.3 is 14.2 Å². The molecule has 0 N–H and O–H groups in total. The van der Waals surface area contributed by atoms with Crippen molar-refractivity contribution in [1.29, 1.82) is 0 Å². The number of rotatable bonds is 4. The molecule has 0 heterocycles. The zero-order chi connectivity index (χ0) is 18.4. The summed E-state index contributed by atoms with van der Waals surface area (Å²) < 4.78 is 17.5. The molecular formula is C21H36O4. The lowest BCUT2D eigenvalue weighted by Gasteiger charge is -2.61. The summed E-state index contributed by atoms with van der Waals surface area (Å²) in [6.07, 6.45) is 5.53. The van der Waals surface area contributed by atoms with Crippen LogP contribution in [0.2, 0.25) is 0 Å². The van der Waals surface area contributed by atoms with Crippen LogP contribution in [0.1, 0.15) is 59.8 Å². The summed E-state index contributed by atoms with van der Waals surface area (Å²) in [5.74, 6) is 1.51. The Morgan fingerprint density at radius 1 is 1.12 bits per heavy atom. The molecule has 3 aliphatic carbocycles. The van der Waals surface area contributed by atoms with Crippen LogP contribution in [-0.4, -0.2) is 39.0 Å². The van der Waals surface area contributed by atoms with Crippen molar-refractivity contribution in [3.63, 3.8) is 0 Å². The van der Waals surface area contributed by atoms with Crippen molar-refractivity contribution in [1.82, 2.24) is 0 Å². The SMILES string of the molecule is COCO[C@@H]1C[C@H](C)C(=O)[C@H](C)[C@@]23CC[C@@H](C)[C@]1(C)[C@H]2[C@H](OC)CC3. The van der Waals surface area contributed by atoms with Gasteiger partial charge in [-0.3, -0.25) is 4.79 Å². The van der Waals surface area contributed by atoms with Crippen molar-refractivity contribution in [3.8, 4) is 0 Å². The molecule has 0 aromatic heterocycles. The second-order valence-electron chi connectivity index (χ2n) is 9.15. The Labute approximate surface area is 153 Å². The molecule has 0 radical (unpaired) electrons. The number of carbonyl (C=O) groups is 1. The lowest BCUT2D eigenvalue weighted by atomic mass is 9.45. The molecule has 0 unspecified atom stereocenters. The fourth-order valence-electron chi connectivity index (χ4n) is 6.78. The fourth-order valence-corrected chi connectivity index (χ4v) is 6.78. The molecule has 144 valence electrons. The van der Waals surface area contributed by atoms with E-state index in [-0.39, 0.29) is 34.9 Å². The second kappa shape index (κ2) is 6.94. The van der Waals surface area contributed by atoms with Gasteiger partial charge in [0, 0.05) is 31.5 Å². The highest BCUT2D eigenvalue weighted by Gasteiger charge is 2.66. The molecular weight excluding hydrogens is 316 g/mol. The van der Waals surface area contributed by atoms with Crippen LogP contribution in [0.5, 0.6) is 0 Å². The van der Waals surface area contributed by atoms with Crippen LogP contribution in [0.4, 0.5) is 0 Å². The summed E-state index contributed by atoms with van der Waals surface area (Å²) in [6.45, 7) is 9.35. The van der Waals surface area contributed by atoms with Gasteiger partial charge in [-0.15, -0.1) is 0 Å². The van der Waals surface area contributed by atoms with Crippen molar-refractivity contribution < 1.29 is 19.0 Å². The Balaban J connectivity index is 2.12. The summed E-state index contributed by atoms with van der Waals surface area (Å²) in [5, 5.41) is 0. The molecule has 3 aliphatic rings. The van der Waals surface area contributed by atoms with E-state index in [2.05, 4.69) is 27.7 Å². The van der Waals surface area contributed by atoms with E-state index < -0.39 is 0 Å². The van der Waals surface area contributed by atoms with E-state index in [0.29, 0.717) is 24.4 Å². The third-order valence-corrected chi connectivity index (χ3v) is 8.39. The van der Waals surface area contributed by atoms with Gasteiger partial charge in [0.2, 0.25) is 0 Å². The summed E-state index contributed by atoms with van der Waals surface area (Å²) in [7, 11) is 3.51. The predicted molar refractivity (Wildman–Crippen MR) is 97.2 cm³/mol. The number of hydrogen-bond acceptors (Lipinski definition) is 4. The summed E-state index contributed by atoms with van der Waals surface area (Å²) in [4.78, 5) is 13.2. The van der Waals surface area contributed by atoms with Crippen molar-refractivity contribution >= 4 is 5.78 Å². The number of ether oxygens (including phenoxy) is 3. The molecule has 0 aromatic carbocycles. The van der Waals surface area contributed by atoms with Crippen molar-refractivity contribution in [3.05, 3.63) is 0 Å². The van der Waals surface area contributed by atoms with E-state index in [4.69, 9.17) is 14.2 Å². The zero-order valence-electron chi connectivity index (χ0n) is 16.8.